The molecule has 0 N–H and O–H groups in total. The lowest BCUT2D eigenvalue weighted by molar-refractivity contribution is -0.113. The van der Waals surface area contributed by atoms with Crippen LogP contribution >= 0.6 is 24.0 Å². The van der Waals surface area contributed by atoms with Gasteiger partial charge in [-0.2, -0.15) is 0 Å². The molecule has 0 bridgehead atoms. The molecule has 1 saturated heterocycles. The molecule has 1 amide bonds. The Morgan fingerprint density at radius 2 is 2.00 bits per heavy atom. The van der Waals surface area contributed by atoms with Gasteiger partial charge >= 0.3 is 0 Å². The van der Waals surface area contributed by atoms with E-state index in [1.54, 1.807) is 37.5 Å². The molecule has 26 heavy (non-hydrogen) atoms. The third kappa shape index (κ3) is 3.59. The third-order valence-corrected chi connectivity index (χ3v) is 4.97. The SMILES string of the molecule is CCOc1ccc(/C=C2\SC(=S)N(c3ccccc3F)C2=O)cc1OC. The lowest BCUT2D eigenvalue weighted by Gasteiger charge is -2.14. The number of amides is 1. The predicted molar refractivity (Wildman–Crippen MR) is 106 cm³/mol. The Morgan fingerprint density at radius 1 is 1.23 bits per heavy atom. The van der Waals surface area contributed by atoms with Crippen LogP contribution in [-0.4, -0.2) is 23.9 Å². The molecule has 3 rings (SSSR count). The molecule has 134 valence electrons. The molecule has 2 aromatic carbocycles. The van der Waals surface area contributed by atoms with Crippen molar-refractivity contribution in [1.82, 2.24) is 0 Å². The van der Waals surface area contributed by atoms with Crippen molar-refractivity contribution in [2.45, 2.75) is 6.92 Å². The lowest BCUT2D eigenvalue weighted by atomic mass is 10.2. The minimum absolute atomic E-state index is 0.155. The van der Waals surface area contributed by atoms with E-state index in [0.717, 1.165) is 17.3 Å². The topological polar surface area (TPSA) is 38.8 Å². The number of rotatable bonds is 5. The third-order valence-electron chi connectivity index (χ3n) is 3.67. The van der Waals surface area contributed by atoms with Crippen molar-refractivity contribution >= 4 is 46.0 Å². The van der Waals surface area contributed by atoms with Gasteiger partial charge in [0.15, 0.2) is 15.8 Å². The summed E-state index contributed by atoms with van der Waals surface area (Å²) in [6.07, 6.45) is 1.71. The number of ether oxygens (including phenoxy) is 2. The average molecular weight is 389 g/mol. The van der Waals surface area contributed by atoms with Gasteiger partial charge < -0.3 is 9.47 Å². The van der Waals surface area contributed by atoms with Crippen molar-refractivity contribution in [2.24, 2.45) is 0 Å². The summed E-state index contributed by atoms with van der Waals surface area (Å²) < 4.78 is 25.2. The largest absolute Gasteiger partial charge is 0.493 e. The van der Waals surface area contributed by atoms with E-state index >= 15 is 0 Å². The first kappa shape index (κ1) is 18.4. The summed E-state index contributed by atoms with van der Waals surface area (Å²) in [7, 11) is 1.55. The molecule has 1 heterocycles. The highest BCUT2D eigenvalue weighted by atomic mass is 32.2. The highest BCUT2D eigenvalue weighted by Gasteiger charge is 2.34. The molecule has 0 unspecified atom stereocenters. The number of thiocarbonyl (C=S) groups is 1. The van der Waals surface area contributed by atoms with E-state index in [9.17, 15) is 9.18 Å². The number of nitrogens with zero attached hydrogens (tertiary/aromatic N) is 1. The summed E-state index contributed by atoms with van der Waals surface area (Å²) >= 11 is 6.41. The minimum Gasteiger partial charge on any atom is -0.493 e. The maximum Gasteiger partial charge on any atom is 0.270 e. The first-order valence-electron chi connectivity index (χ1n) is 7.88. The van der Waals surface area contributed by atoms with Gasteiger partial charge in [0.25, 0.3) is 5.91 Å². The van der Waals surface area contributed by atoms with E-state index < -0.39 is 5.82 Å². The van der Waals surface area contributed by atoms with Gasteiger partial charge in [0.1, 0.15) is 5.82 Å². The van der Waals surface area contributed by atoms with Crippen molar-refractivity contribution in [3.05, 3.63) is 58.8 Å². The van der Waals surface area contributed by atoms with Gasteiger partial charge in [0.05, 0.1) is 24.3 Å². The Labute approximate surface area is 160 Å². The fourth-order valence-electron chi connectivity index (χ4n) is 2.51. The van der Waals surface area contributed by atoms with E-state index in [4.69, 9.17) is 21.7 Å². The van der Waals surface area contributed by atoms with Crippen LogP contribution in [0, 0.1) is 5.82 Å². The fraction of sp³-hybridized carbons (Fsp3) is 0.158. The summed E-state index contributed by atoms with van der Waals surface area (Å²) in [5, 5.41) is 0. The maximum atomic E-state index is 14.0. The second-order valence-electron chi connectivity index (χ2n) is 5.31. The van der Waals surface area contributed by atoms with Crippen LogP contribution in [0.2, 0.25) is 0 Å². The number of hydrogen-bond donors (Lipinski definition) is 0. The van der Waals surface area contributed by atoms with Crippen molar-refractivity contribution < 1.29 is 18.7 Å². The normalized spacial score (nSPS) is 15.7. The van der Waals surface area contributed by atoms with Gasteiger partial charge in [0, 0.05) is 0 Å². The van der Waals surface area contributed by atoms with Crippen LogP contribution in [0.4, 0.5) is 10.1 Å². The van der Waals surface area contributed by atoms with Crippen LogP contribution < -0.4 is 14.4 Å². The van der Waals surface area contributed by atoms with Crippen LogP contribution in [-0.2, 0) is 4.79 Å². The zero-order chi connectivity index (χ0) is 18.7. The van der Waals surface area contributed by atoms with Crippen molar-refractivity contribution in [3.63, 3.8) is 0 Å². The lowest BCUT2D eigenvalue weighted by Crippen LogP contribution is -2.28. The molecule has 1 aliphatic heterocycles. The van der Waals surface area contributed by atoms with Gasteiger partial charge in [-0.05, 0) is 42.8 Å². The number of hydrogen-bond acceptors (Lipinski definition) is 5. The molecule has 0 spiro atoms. The first-order valence-corrected chi connectivity index (χ1v) is 9.11. The summed E-state index contributed by atoms with van der Waals surface area (Å²) in [5.74, 6) is 0.363. The van der Waals surface area contributed by atoms with Gasteiger partial charge in [0.2, 0.25) is 0 Å². The van der Waals surface area contributed by atoms with Crippen LogP contribution in [0.15, 0.2) is 47.4 Å². The number of benzene rings is 2. The van der Waals surface area contributed by atoms with Gasteiger partial charge in [-0.1, -0.05) is 42.2 Å². The van der Waals surface area contributed by atoms with Crippen LogP contribution in [0.3, 0.4) is 0 Å². The maximum absolute atomic E-state index is 14.0. The zero-order valence-electron chi connectivity index (χ0n) is 14.2. The van der Waals surface area contributed by atoms with E-state index in [1.165, 1.54) is 17.0 Å². The Kier molecular flexibility index (Phi) is 5.58. The number of methoxy groups -OCH3 is 1. The summed E-state index contributed by atoms with van der Waals surface area (Å²) in [6.45, 7) is 2.42. The molecule has 1 fully saturated rings. The van der Waals surface area contributed by atoms with E-state index in [1.807, 2.05) is 13.0 Å². The summed E-state index contributed by atoms with van der Waals surface area (Å²) in [6, 6.07) is 11.4. The Bertz CT molecular complexity index is 898. The van der Waals surface area contributed by atoms with E-state index in [0.29, 0.717) is 27.3 Å². The molecule has 2 aromatic rings. The Balaban J connectivity index is 1.92. The minimum atomic E-state index is -0.493. The molecule has 0 aliphatic carbocycles. The smallest absolute Gasteiger partial charge is 0.270 e. The summed E-state index contributed by atoms with van der Waals surface area (Å²) in [5.41, 5.74) is 0.919. The van der Waals surface area contributed by atoms with Crippen LogP contribution in [0.25, 0.3) is 6.08 Å². The molecule has 0 atom stereocenters. The number of carbonyl (C=O) groups excluding carboxylic acids is 1. The second-order valence-corrected chi connectivity index (χ2v) is 6.99. The van der Waals surface area contributed by atoms with E-state index in [2.05, 4.69) is 0 Å². The predicted octanol–water partition coefficient (Wildman–Crippen LogP) is 4.64. The molecule has 0 aromatic heterocycles. The Hall–Kier alpha value is -2.38. The number of anilines is 1. The molecule has 7 heteroatoms. The monoisotopic (exact) mass is 389 g/mol. The van der Waals surface area contributed by atoms with Crippen molar-refractivity contribution in [1.29, 1.82) is 0 Å². The van der Waals surface area contributed by atoms with Crippen molar-refractivity contribution in [3.8, 4) is 11.5 Å². The van der Waals surface area contributed by atoms with Crippen LogP contribution in [0.1, 0.15) is 12.5 Å². The van der Waals surface area contributed by atoms with E-state index in [-0.39, 0.29) is 11.6 Å². The molecule has 4 nitrogen and oxygen atoms in total. The number of halogens is 1. The standard InChI is InChI=1S/C19H16FNO3S2/c1-3-24-15-9-8-12(10-16(15)23-2)11-17-18(22)21(19(25)26-17)14-7-5-4-6-13(14)20/h4-11H,3H2,1-2H3/b17-11-. The first-order chi connectivity index (χ1) is 12.5. The highest BCUT2D eigenvalue weighted by Crippen LogP contribution is 2.38. The average Bonchev–Trinajstić information content (AvgIpc) is 2.90. The quantitative estimate of drug-likeness (QED) is 0.550. The van der Waals surface area contributed by atoms with Crippen molar-refractivity contribution in [2.75, 3.05) is 18.6 Å². The molecule has 1 aliphatic rings. The molecule has 0 saturated carbocycles. The Morgan fingerprint density at radius 3 is 2.69 bits per heavy atom. The van der Waals surface area contributed by atoms with Gasteiger partial charge in [-0.25, -0.2) is 4.39 Å². The number of para-hydroxylation sites is 1. The molecular weight excluding hydrogens is 373 g/mol. The summed E-state index contributed by atoms with van der Waals surface area (Å²) in [4.78, 5) is 14.4. The molecular formula is C19H16FNO3S2. The van der Waals surface area contributed by atoms with Gasteiger partial charge in [-0.15, -0.1) is 0 Å². The van der Waals surface area contributed by atoms with Crippen LogP contribution in [0.5, 0.6) is 11.5 Å². The second kappa shape index (κ2) is 7.88. The fourth-order valence-corrected chi connectivity index (χ4v) is 3.79. The molecule has 0 radical (unpaired) electrons. The van der Waals surface area contributed by atoms with Gasteiger partial charge in [-0.3, -0.25) is 9.69 Å². The number of thioether (sulfide) groups is 1. The number of carbonyl (C=O) groups is 1. The highest BCUT2D eigenvalue weighted by molar-refractivity contribution is 8.27. The zero-order valence-corrected chi connectivity index (χ0v) is 15.8.